The van der Waals surface area contributed by atoms with Crippen LogP contribution < -0.4 is 0 Å². The van der Waals surface area contributed by atoms with Crippen molar-refractivity contribution in [2.75, 3.05) is 0 Å². The average molecular weight is 551 g/mol. The Labute approximate surface area is 242 Å². The first-order valence-electron chi connectivity index (χ1n) is 16.3. The van der Waals surface area contributed by atoms with Crippen molar-refractivity contribution in [3.63, 3.8) is 0 Å². The fourth-order valence-corrected chi connectivity index (χ4v) is 6.99. The molecule has 0 atom stereocenters. The van der Waals surface area contributed by atoms with Crippen LogP contribution in [-0.4, -0.2) is 0 Å². The van der Waals surface area contributed by atoms with Crippen LogP contribution in [0.15, 0.2) is 34.7 Å². The minimum absolute atomic E-state index is 0.227. The molecule has 1 aliphatic rings. The summed E-state index contributed by atoms with van der Waals surface area (Å²) in [7, 11) is 0. The van der Waals surface area contributed by atoms with Gasteiger partial charge >= 0.3 is 0 Å². The number of fused-ring (bicyclic) bond motifs is 3. The summed E-state index contributed by atoms with van der Waals surface area (Å²) in [6.07, 6.45) is 24.5. The molecule has 1 nitrogen and oxygen atoms in total. The van der Waals surface area contributed by atoms with Gasteiger partial charge in [-0.25, -0.2) is 4.39 Å². The lowest BCUT2D eigenvalue weighted by Crippen LogP contribution is -2.13. The van der Waals surface area contributed by atoms with Crippen LogP contribution in [0.25, 0.3) is 21.7 Å². The zero-order valence-corrected chi connectivity index (χ0v) is 25.5. The molecule has 1 aromatic heterocycles. The summed E-state index contributed by atoms with van der Waals surface area (Å²) in [5, 5.41) is 2.82. The van der Waals surface area contributed by atoms with E-state index >= 15 is 4.39 Å². The van der Waals surface area contributed by atoms with Crippen LogP contribution in [-0.2, 0) is 6.42 Å². The van der Waals surface area contributed by atoms with Gasteiger partial charge in [-0.3, -0.25) is 0 Å². The summed E-state index contributed by atoms with van der Waals surface area (Å²) in [4.78, 5) is 0. The van der Waals surface area contributed by atoms with E-state index in [0.29, 0.717) is 16.2 Å². The molecule has 4 rings (SSSR count). The molecule has 0 N–H and O–H groups in total. The zero-order valence-electron chi connectivity index (χ0n) is 24.7. The Hall–Kier alpha value is -1.74. The highest BCUT2D eigenvalue weighted by Gasteiger charge is 2.23. The standard InChI is InChI=1S/C36H51FOS/c1-3-5-7-9-10-11-13-14-16-27-18-20-28(21-19-27)30-23-24-31-32-25-22-29(17-15-12-8-6-4-2)34(37)35(32)38-36(39)33(31)26-30/h22-28H,3-21H2,1-2H3. The fraction of sp³-hybridized carbons (Fsp3) is 0.639. The van der Waals surface area contributed by atoms with Crippen molar-refractivity contribution < 1.29 is 8.81 Å². The highest BCUT2D eigenvalue weighted by atomic mass is 32.1. The van der Waals surface area contributed by atoms with Gasteiger partial charge in [-0.05, 0) is 85.2 Å². The van der Waals surface area contributed by atoms with Crippen LogP contribution in [0.4, 0.5) is 4.39 Å². The van der Waals surface area contributed by atoms with E-state index in [9.17, 15) is 0 Å². The summed E-state index contributed by atoms with van der Waals surface area (Å²) in [6.45, 7) is 4.50. The first-order chi connectivity index (χ1) is 19.1. The minimum Gasteiger partial charge on any atom is -0.441 e. The van der Waals surface area contributed by atoms with Crippen molar-refractivity contribution in [2.24, 2.45) is 5.92 Å². The van der Waals surface area contributed by atoms with Gasteiger partial charge in [0.05, 0.1) is 0 Å². The Kier molecular flexibility index (Phi) is 12.3. The van der Waals surface area contributed by atoms with E-state index < -0.39 is 0 Å². The summed E-state index contributed by atoms with van der Waals surface area (Å²) in [6, 6.07) is 10.7. The number of aryl methyl sites for hydroxylation is 1. The van der Waals surface area contributed by atoms with Gasteiger partial charge in [0.25, 0.3) is 0 Å². The molecule has 0 spiro atoms. The third kappa shape index (κ3) is 8.38. The van der Waals surface area contributed by atoms with Crippen molar-refractivity contribution in [1.82, 2.24) is 0 Å². The molecule has 39 heavy (non-hydrogen) atoms. The Morgan fingerprint density at radius 3 is 2.03 bits per heavy atom. The molecule has 0 unspecified atom stereocenters. The summed E-state index contributed by atoms with van der Waals surface area (Å²) >= 11 is 5.66. The van der Waals surface area contributed by atoms with Crippen LogP contribution in [0.2, 0.25) is 0 Å². The van der Waals surface area contributed by atoms with Crippen molar-refractivity contribution in [1.29, 1.82) is 0 Å². The van der Waals surface area contributed by atoms with Gasteiger partial charge in [0.15, 0.2) is 16.1 Å². The zero-order chi connectivity index (χ0) is 27.5. The topological polar surface area (TPSA) is 13.1 Å². The van der Waals surface area contributed by atoms with Gasteiger partial charge in [-0.15, -0.1) is 0 Å². The lowest BCUT2D eigenvalue weighted by molar-refractivity contribution is 0.302. The first-order valence-corrected chi connectivity index (χ1v) is 16.7. The van der Waals surface area contributed by atoms with Crippen LogP contribution in [0, 0.1) is 16.4 Å². The normalized spacial score (nSPS) is 17.8. The SMILES string of the molecule is CCCCCCCCCCC1CCC(c2ccc3c(c2)c(=S)oc2c(F)c(CCCCCCC)ccc23)CC1. The Balaban J connectivity index is 1.33. The molecule has 2 aromatic carbocycles. The number of unbranched alkanes of at least 4 members (excludes halogenated alkanes) is 11. The van der Waals surface area contributed by atoms with Crippen LogP contribution in [0.1, 0.15) is 146 Å². The number of halogens is 1. The van der Waals surface area contributed by atoms with E-state index in [-0.39, 0.29) is 5.82 Å². The summed E-state index contributed by atoms with van der Waals surface area (Å²) < 4.78 is 21.8. The van der Waals surface area contributed by atoms with Gasteiger partial charge in [0.2, 0.25) is 0 Å². The van der Waals surface area contributed by atoms with E-state index in [2.05, 4.69) is 32.0 Å². The second kappa shape index (κ2) is 15.9. The average Bonchev–Trinajstić information content (AvgIpc) is 2.96. The maximum atomic E-state index is 15.4. The molecule has 214 valence electrons. The smallest absolute Gasteiger partial charge is 0.198 e. The van der Waals surface area contributed by atoms with Gasteiger partial charge < -0.3 is 4.42 Å². The molecule has 1 saturated carbocycles. The number of benzene rings is 2. The third-order valence-corrected chi connectivity index (χ3v) is 9.56. The third-order valence-electron chi connectivity index (χ3n) is 9.26. The highest BCUT2D eigenvalue weighted by molar-refractivity contribution is 7.71. The second-order valence-corrected chi connectivity index (χ2v) is 12.6. The maximum Gasteiger partial charge on any atom is 0.198 e. The van der Waals surface area contributed by atoms with E-state index in [4.69, 9.17) is 16.6 Å². The van der Waals surface area contributed by atoms with Gasteiger partial charge in [0.1, 0.15) is 0 Å². The lowest BCUT2D eigenvalue weighted by Gasteiger charge is -2.29. The van der Waals surface area contributed by atoms with Crippen LogP contribution in [0.5, 0.6) is 0 Å². The number of hydrogen-bond donors (Lipinski definition) is 0. The van der Waals surface area contributed by atoms with E-state index in [1.165, 1.54) is 108 Å². The van der Waals surface area contributed by atoms with E-state index in [0.717, 1.165) is 46.9 Å². The molecule has 1 heterocycles. The van der Waals surface area contributed by atoms with Gasteiger partial charge in [-0.1, -0.05) is 122 Å². The fourth-order valence-electron chi connectivity index (χ4n) is 6.74. The van der Waals surface area contributed by atoms with Crippen LogP contribution in [0.3, 0.4) is 0 Å². The quantitative estimate of drug-likeness (QED) is 0.0999. The minimum atomic E-state index is -0.227. The predicted octanol–water partition coefficient (Wildman–Crippen LogP) is 12.8. The number of hydrogen-bond acceptors (Lipinski definition) is 2. The highest BCUT2D eigenvalue weighted by Crippen LogP contribution is 2.40. The number of rotatable bonds is 16. The first kappa shape index (κ1) is 30.2. The molecule has 3 heteroatoms. The Bertz CT molecular complexity index is 1220. The van der Waals surface area contributed by atoms with E-state index in [1.54, 1.807) is 0 Å². The lowest BCUT2D eigenvalue weighted by atomic mass is 9.76. The Morgan fingerprint density at radius 1 is 0.718 bits per heavy atom. The van der Waals surface area contributed by atoms with Crippen molar-refractivity contribution in [2.45, 2.75) is 142 Å². The molecule has 1 fully saturated rings. The molecule has 0 amide bonds. The van der Waals surface area contributed by atoms with Gasteiger partial charge in [0, 0.05) is 10.8 Å². The van der Waals surface area contributed by atoms with Crippen molar-refractivity contribution in [3.05, 3.63) is 52.0 Å². The Morgan fingerprint density at radius 2 is 1.33 bits per heavy atom. The van der Waals surface area contributed by atoms with Crippen LogP contribution >= 0.6 is 12.2 Å². The summed E-state index contributed by atoms with van der Waals surface area (Å²) in [5.74, 6) is 1.27. The molecule has 0 bridgehead atoms. The van der Waals surface area contributed by atoms with Crippen molar-refractivity contribution >= 4 is 34.0 Å². The monoisotopic (exact) mass is 550 g/mol. The molecular formula is C36H51FOS. The molecule has 3 aromatic rings. The molecule has 0 saturated heterocycles. The largest absolute Gasteiger partial charge is 0.441 e. The second-order valence-electron chi connectivity index (χ2n) is 12.3. The maximum absolute atomic E-state index is 15.4. The molecular weight excluding hydrogens is 499 g/mol. The molecule has 0 aliphatic heterocycles. The predicted molar refractivity (Wildman–Crippen MR) is 169 cm³/mol. The molecule has 1 aliphatic carbocycles. The van der Waals surface area contributed by atoms with E-state index in [1.807, 2.05) is 12.1 Å². The van der Waals surface area contributed by atoms with Gasteiger partial charge in [-0.2, -0.15) is 0 Å². The molecule has 0 radical (unpaired) electrons. The van der Waals surface area contributed by atoms with Crippen molar-refractivity contribution in [3.8, 4) is 0 Å². The summed E-state index contributed by atoms with van der Waals surface area (Å²) in [5.41, 5.74) is 2.45.